The van der Waals surface area contributed by atoms with Gasteiger partial charge in [-0.05, 0) is 38.5 Å². The van der Waals surface area contributed by atoms with Crippen LogP contribution >= 0.6 is 24.0 Å². The molecule has 0 radical (unpaired) electrons. The van der Waals surface area contributed by atoms with E-state index in [4.69, 9.17) is 5.26 Å². The smallest absolute Gasteiger partial charge is 0.240 e. The first kappa shape index (κ1) is 22.2. The highest BCUT2D eigenvalue weighted by Crippen LogP contribution is 2.03. The van der Waals surface area contributed by atoms with Gasteiger partial charge in [0.2, 0.25) is 5.91 Å². The van der Waals surface area contributed by atoms with E-state index in [1.807, 2.05) is 40.0 Å². The van der Waals surface area contributed by atoms with Crippen molar-refractivity contribution in [2.75, 3.05) is 20.6 Å². The van der Waals surface area contributed by atoms with E-state index in [1.165, 1.54) is 0 Å². The first-order chi connectivity index (χ1) is 10.7. The number of amides is 1. The fraction of sp³-hybridized carbons (Fsp3) is 0.471. The Morgan fingerprint density at radius 1 is 1.29 bits per heavy atom. The van der Waals surface area contributed by atoms with Gasteiger partial charge in [-0.3, -0.25) is 9.79 Å². The van der Waals surface area contributed by atoms with E-state index in [0.717, 1.165) is 5.56 Å². The molecule has 0 unspecified atom stereocenters. The molecule has 6 nitrogen and oxygen atoms in total. The quantitative estimate of drug-likeness (QED) is 0.425. The van der Waals surface area contributed by atoms with Crippen molar-refractivity contribution in [2.24, 2.45) is 4.99 Å². The molecule has 0 fully saturated rings. The molecule has 0 aliphatic heterocycles. The van der Waals surface area contributed by atoms with Crippen LogP contribution in [0.5, 0.6) is 0 Å². The molecule has 1 aromatic rings. The van der Waals surface area contributed by atoms with Crippen LogP contribution in [0.4, 0.5) is 0 Å². The van der Waals surface area contributed by atoms with E-state index in [-0.39, 0.29) is 42.0 Å². The summed E-state index contributed by atoms with van der Waals surface area (Å²) in [7, 11) is 3.50. The fourth-order valence-corrected chi connectivity index (χ4v) is 2.01. The maximum Gasteiger partial charge on any atom is 0.240 e. The number of halogens is 1. The van der Waals surface area contributed by atoms with Crippen LogP contribution in [0, 0.1) is 11.3 Å². The third kappa shape index (κ3) is 8.15. The number of aliphatic imine (C=N–C) groups is 1. The van der Waals surface area contributed by atoms with Crippen molar-refractivity contribution in [3.63, 3.8) is 0 Å². The largest absolute Gasteiger partial charge is 0.352 e. The highest BCUT2D eigenvalue weighted by molar-refractivity contribution is 14.0. The van der Waals surface area contributed by atoms with E-state index < -0.39 is 0 Å². The van der Waals surface area contributed by atoms with Gasteiger partial charge >= 0.3 is 0 Å². The molecule has 7 heteroatoms. The zero-order valence-corrected chi connectivity index (χ0v) is 17.2. The molecule has 2 N–H and O–H groups in total. The molecule has 0 aromatic heterocycles. The number of carbonyl (C=O) groups excluding carboxylic acids is 1. The number of rotatable bonds is 4. The highest BCUT2D eigenvalue weighted by Gasteiger charge is 2.16. The summed E-state index contributed by atoms with van der Waals surface area (Å²) < 4.78 is 0. The van der Waals surface area contributed by atoms with Crippen LogP contribution in [0.1, 0.15) is 31.9 Å². The summed E-state index contributed by atoms with van der Waals surface area (Å²) >= 11 is 0. The van der Waals surface area contributed by atoms with Crippen LogP contribution < -0.4 is 10.6 Å². The normalized spacial score (nSPS) is 11.1. The van der Waals surface area contributed by atoms with Crippen molar-refractivity contribution >= 4 is 35.8 Å². The van der Waals surface area contributed by atoms with Crippen LogP contribution in [0.2, 0.25) is 0 Å². The molecule has 1 amide bonds. The van der Waals surface area contributed by atoms with Gasteiger partial charge in [0, 0.05) is 26.2 Å². The highest BCUT2D eigenvalue weighted by atomic mass is 127. The summed E-state index contributed by atoms with van der Waals surface area (Å²) in [6, 6.07) is 9.44. The van der Waals surface area contributed by atoms with Crippen molar-refractivity contribution in [1.82, 2.24) is 15.5 Å². The van der Waals surface area contributed by atoms with Gasteiger partial charge in [0.05, 0.1) is 18.2 Å². The summed E-state index contributed by atoms with van der Waals surface area (Å²) in [4.78, 5) is 17.9. The second kappa shape index (κ2) is 10.1. The first-order valence-electron chi connectivity index (χ1n) is 7.47. The average molecular weight is 443 g/mol. The zero-order valence-electron chi connectivity index (χ0n) is 14.9. The summed E-state index contributed by atoms with van der Waals surface area (Å²) in [6.07, 6.45) is 0. The van der Waals surface area contributed by atoms with Crippen LogP contribution in [0.15, 0.2) is 29.3 Å². The molecular formula is C17H26IN5O. The van der Waals surface area contributed by atoms with Crippen molar-refractivity contribution in [1.29, 1.82) is 5.26 Å². The minimum absolute atomic E-state index is 0. The van der Waals surface area contributed by atoms with Gasteiger partial charge in [-0.25, -0.2) is 0 Å². The van der Waals surface area contributed by atoms with Gasteiger partial charge in [-0.1, -0.05) is 12.1 Å². The standard InChI is InChI=1S/C17H25N5O.HI/c1-17(2,3)21-15(23)12-22(5)16(19-4)20-11-14-8-6-13(10-18)7-9-14;/h6-9H,11-12H2,1-5H3,(H,19,20)(H,21,23);1H. The topological polar surface area (TPSA) is 80.5 Å². The Labute approximate surface area is 161 Å². The molecule has 0 heterocycles. The number of nitrogens with zero attached hydrogens (tertiary/aromatic N) is 3. The second-order valence-corrected chi connectivity index (χ2v) is 6.36. The number of hydrogen-bond donors (Lipinski definition) is 2. The van der Waals surface area contributed by atoms with Gasteiger partial charge in [-0.2, -0.15) is 5.26 Å². The molecule has 0 aliphatic rings. The first-order valence-corrected chi connectivity index (χ1v) is 7.47. The lowest BCUT2D eigenvalue weighted by molar-refractivity contribution is -0.122. The molecule has 132 valence electrons. The Hall–Kier alpha value is -1.82. The number of likely N-dealkylation sites (N-methyl/N-ethyl adjacent to an activating group) is 1. The number of benzene rings is 1. The minimum atomic E-state index is -0.253. The molecule has 0 saturated heterocycles. The minimum Gasteiger partial charge on any atom is -0.352 e. The van der Waals surface area contributed by atoms with Crippen molar-refractivity contribution in [3.05, 3.63) is 35.4 Å². The van der Waals surface area contributed by atoms with E-state index in [9.17, 15) is 4.79 Å². The van der Waals surface area contributed by atoms with Crippen molar-refractivity contribution in [2.45, 2.75) is 32.9 Å². The van der Waals surface area contributed by atoms with Crippen LogP contribution in [0.3, 0.4) is 0 Å². The Bertz CT molecular complexity index is 599. The lowest BCUT2D eigenvalue weighted by Crippen LogP contribution is -2.48. The number of guanidine groups is 1. The Kier molecular flexibility index (Phi) is 9.36. The van der Waals surface area contributed by atoms with Crippen LogP contribution in [-0.4, -0.2) is 42.9 Å². The Morgan fingerprint density at radius 3 is 2.33 bits per heavy atom. The van der Waals surface area contributed by atoms with Gasteiger partial charge < -0.3 is 15.5 Å². The Balaban J connectivity index is 0.00000529. The van der Waals surface area contributed by atoms with Gasteiger partial charge in [0.15, 0.2) is 5.96 Å². The summed E-state index contributed by atoms with van der Waals surface area (Å²) in [5.74, 6) is 0.583. The number of nitrogens with one attached hydrogen (secondary N) is 2. The SMILES string of the molecule is CN=C(NCc1ccc(C#N)cc1)N(C)CC(=O)NC(C)(C)C.I. The second-order valence-electron chi connectivity index (χ2n) is 6.36. The Morgan fingerprint density at radius 2 is 1.88 bits per heavy atom. The van der Waals surface area contributed by atoms with E-state index in [2.05, 4.69) is 21.7 Å². The van der Waals surface area contributed by atoms with Gasteiger partial charge in [0.1, 0.15) is 0 Å². The lowest BCUT2D eigenvalue weighted by Gasteiger charge is -2.25. The number of hydrogen-bond acceptors (Lipinski definition) is 3. The van der Waals surface area contributed by atoms with Crippen LogP contribution in [0.25, 0.3) is 0 Å². The predicted octanol–water partition coefficient (Wildman–Crippen LogP) is 2.10. The molecule has 0 saturated carbocycles. The molecule has 0 bridgehead atoms. The molecule has 0 spiro atoms. The van der Waals surface area contributed by atoms with E-state index >= 15 is 0 Å². The predicted molar refractivity (Wildman–Crippen MR) is 107 cm³/mol. The number of nitriles is 1. The third-order valence-corrected chi connectivity index (χ3v) is 3.00. The maximum absolute atomic E-state index is 12.0. The molecular weight excluding hydrogens is 417 g/mol. The average Bonchev–Trinajstić information content (AvgIpc) is 2.46. The van der Waals surface area contributed by atoms with Crippen molar-refractivity contribution < 1.29 is 4.79 Å². The third-order valence-electron chi connectivity index (χ3n) is 3.00. The lowest BCUT2D eigenvalue weighted by atomic mass is 10.1. The molecule has 24 heavy (non-hydrogen) atoms. The van der Waals surface area contributed by atoms with Crippen molar-refractivity contribution in [3.8, 4) is 6.07 Å². The van der Waals surface area contributed by atoms with Gasteiger partial charge in [-0.15, -0.1) is 24.0 Å². The molecule has 0 aliphatic carbocycles. The zero-order chi connectivity index (χ0) is 17.5. The van der Waals surface area contributed by atoms with Gasteiger partial charge in [0.25, 0.3) is 0 Å². The summed E-state index contributed by atoms with van der Waals surface area (Å²) in [6.45, 7) is 6.64. The van der Waals surface area contributed by atoms with E-state index in [0.29, 0.717) is 18.1 Å². The monoisotopic (exact) mass is 443 g/mol. The maximum atomic E-state index is 12.0. The number of carbonyl (C=O) groups is 1. The summed E-state index contributed by atoms with van der Waals surface area (Å²) in [5, 5.41) is 14.9. The molecule has 1 aromatic carbocycles. The molecule has 0 atom stereocenters. The fourth-order valence-electron chi connectivity index (χ4n) is 2.01. The van der Waals surface area contributed by atoms with E-state index in [1.54, 1.807) is 24.1 Å². The summed E-state index contributed by atoms with van der Waals surface area (Å²) in [5.41, 5.74) is 1.42. The molecule has 1 rings (SSSR count). The van der Waals surface area contributed by atoms with Crippen LogP contribution in [-0.2, 0) is 11.3 Å².